The van der Waals surface area contributed by atoms with Crippen LogP contribution < -0.4 is 0 Å². The Labute approximate surface area is 122 Å². The van der Waals surface area contributed by atoms with Gasteiger partial charge in [0, 0.05) is 11.5 Å². The molecule has 0 spiro atoms. The van der Waals surface area contributed by atoms with Crippen molar-refractivity contribution in [1.29, 1.82) is 0 Å². The molecule has 2 saturated carbocycles. The SMILES string of the molecule is Cc1cc(C)cc(C(=O)C2CCC3CCCCC3C2)c1. The van der Waals surface area contributed by atoms with Gasteiger partial charge in [-0.3, -0.25) is 4.79 Å². The lowest BCUT2D eigenvalue weighted by Gasteiger charge is -2.38. The van der Waals surface area contributed by atoms with Crippen molar-refractivity contribution >= 4 is 5.78 Å². The van der Waals surface area contributed by atoms with Crippen LogP contribution in [0.5, 0.6) is 0 Å². The Bertz CT molecular complexity index is 482. The molecule has 3 unspecified atom stereocenters. The van der Waals surface area contributed by atoms with Crippen LogP contribution in [-0.2, 0) is 0 Å². The molecule has 0 bridgehead atoms. The predicted molar refractivity (Wildman–Crippen MR) is 83.0 cm³/mol. The summed E-state index contributed by atoms with van der Waals surface area (Å²) in [6, 6.07) is 6.29. The van der Waals surface area contributed by atoms with E-state index < -0.39 is 0 Å². The minimum atomic E-state index is 0.288. The number of Topliss-reactive ketones (excluding diaryl/α,β-unsaturated/α-hetero) is 1. The van der Waals surface area contributed by atoms with Crippen LogP contribution >= 0.6 is 0 Å². The van der Waals surface area contributed by atoms with E-state index in [4.69, 9.17) is 0 Å². The van der Waals surface area contributed by atoms with Crippen molar-refractivity contribution in [3.63, 3.8) is 0 Å². The van der Waals surface area contributed by atoms with Crippen molar-refractivity contribution in [2.45, 2.75) is 58.8 Å². The molecule has 20 heavy (non-hydrogen) atoms. The Kier molecular flexibility index (Phi) is 3.96. The molecule has 1 heteroatoms. The Hall–Kier alpha value is -1.11. The van der Waals surface area contributed by atoms with Crippen LogP contribution in [0.3, 0.4) is 0 Å². The zero-order chi connectivity index (χ0) is 14.1. The Morgan fingerprint density at radius 1 is 0.900 bits per heavy atom. The van der Waals surface area contributed by atoms with Gasteiger partial charge in [0.05, 0.1) is 0 Å². The van der Waals surface area contributed by atoms with E-state index in [1.807, 2.05) is 0 Å². The maximum atomic E-state index is 12.8. The Morgan fingerprint density at radius 3 is 2.25 bits per heavy atom. The predicted octanol–water partition coefficient (Wildman–Crippen LogP) is 5.09. The number of fused-ring (bicyclic) bond motifs is 1. The first-order chi connectivity index (χ1) is 9.63. The van der Waals surface area contributed by atoms with Gasteiger partial charge in [0.15, 0.2) is 5.78 Å². The maximum absolute atomic E-state index is 12.8. The second-order valence-corrected chi connectivity index (χ2v) is 7.06. The molecule has 108 valence electrons. The van der Waals surface area contributed by atoms with E-state index in [0.29, 0.717) is 5.78 Å². The van der Waals surface area contributed by atoms with Gasteiger partial charge in [-0.05, 0) is 57.1 Å². The van der Waals surface area contributed by atoms with Crippen LogP contribution in [0.25, 0.3) is 0 Å². The van der Waals surface area contributed by atoms with Gasteiger partial charge in [-0.1, -0.05) is 42.9 Å². The first kappa shape index (κ1) is 13.9. The maximum Gasteiger partial charge on any atom is 0.165 e. The van der Waals surface area contributed by atoms with Crippen LogP contribution in [0.4, 0.5) is 0 Å². The van der Waals surface area contributed by atoms with Gasteiger partial charge in [0.1, 0.15) is 0 Å². The van der Waals surface area contributed by atoms with Gasteiger partial charge < -0.3 is 0 Å². The van der Waals surface area contributed by atoms with E-state index in [-0.39, 0.29) is 5.92 Å². The quantitative estimate of drug-likeness (QED) is 0.684. The average molecular weight is 270 g/mol. The molecule has 0 radical (unpaired) electrons. The van der Waals surface area contributed by atoms with E-state index >= 15 is 0 Å². The number of carbonyl (C=O) groups is 1. The van der Waals surface area contributed by atoms with E-state index in [1.165, 1.54) is 43.2 Å². The largest absolute Gasteiger partial charge is 0.294 e. The van der Waals surface area contributed by atoms with Crippen molar-refractivity contribution in [2.75, 3.05) is 0 Å². The molecule has 0 aromatic heterocycles. The lowest BCUT2D eigenvalue weighted by molar-refractivity contribution is 0.0763. The minimum Gasteiger partial charge on any atom is -0.294 e. The fourth-order valence-electron chi connectivity index (χ4n) is 4.46. The number of hydrogen-bond donors (Lipinski definition) is 0. The number of aryl methyl sites for hydroxylation is 2. The highest BCUT2D eigenvalue weighted by atomic mass is 16.1. The number of rotatable bonds is 2. The standard InChI is InChI=1S/C19H26O/c1-13-9-14(2)11-18(10-13)19(20)17-8-7-15-5-3-4-6-16(15)12-17/h9-11,15-17H,3-8,12H2,1-2H3. The van der Waals surface area contributed by atoms with Crippen molar-refractivity contribution in [3.8, 4) is 0 Å². The molecular formula is C19H26O. The lowest BCUT2D eigenvalue weighted by Crippen LogP contribution is -2.31. The summed E-state index contributed by atoms with van der Waals surface area (Å²) in [5.74, 6) is 2.45. The topological polar surface area (TPSA) is 17.1 Å². The molecule has 2 aliphatic carbocycles. The Morgan fingerprint density at radius 2 is 1.55 bits per heavy atom. The molecule has 0 N–H and O–H groups in total. The molecule has 0 aliphatic heterocycles. The van der Waals surface area contributed by atoms with Gasteiger partial charge in [-0.15, -0.1) is 0 Å². The van der Waals surface area contributed by atoms with E-state index in [0.717, 1.165) is 30.2 Å². The van der Waals surface area contributed by atoms with Gasteiger partial charge >= 0.3 is 0 Å². The minimum absolute atomic E-state index is 0.288. The van der Waals surface area contributed by atoms with Crippen molar-refractivity contribution < 1.29 is 4.79 Å². The summed E-state index contributed by atoms with van der Waals surface area (Å²) in [5, 5.41) is 0. The molecule has 0 saturated heterocycles. The summed E-state index contributed by atoms with van der Waals surface area (Å²) in [6.07, 6.45) is 9.12. The fraction of sp³-hybridized carbons (Fsp3) is 0.632. The zero-order valence-electron chi connectivity index (χ0n) is 12.8. The summed E-state index contributed by atoms with van der Waals surface area (Å²) >= 11 is 0. The number of carbonyl (C=O) groups excluding carboxylic acids is 1. The van der Waals surface area contributed by atoms with Crippen molar-refractivity contribution in [1.82, 2.24) is 0 Å². The second-order valence-electron chi connectivity index (χ2n) is 7.06. The molecule has 2 fully saturated rings. The Balaban J connectivity index is 1.74. The van der Waals surface area contributed by atoms with Crippen LogP contribution in [0.15, 0.2) is 18.2 Å². The molecule has 1 aromatic carbocycles. The van der Waals surface area contributed by atoms with Crippen molar-refractivity contribution in [3.05, 3.63) is 34.9 Å². The molecule has 3 atom stereocenters. The van der Waals surface area contributed by atoms with Crippen LogP contribution in [0, 0.1) is 31.6 Å². The molecule has 1 nitrogen and oxygen atoms in total. The van der Waals surface area contributed by atoms with Crippen molar-refractivity contribution in [2.24, 2.45) is 17.8 Å². The van der Waals surface area contributed by atoms with Crippen LogP contribution in [0.2, 0.25) is 0 Å². The third-order valence-electron chi connectivity index (χ3n) is 5.42. The van der Waals surface area contributed by atoms with Crippen LogP contribution in [-0.4, -0.2) is 5.78 Å². The smallest absolute Gasteiger partial charge is 0.165 e. The monoisotopic (exact) mass is 270 g/mol. The fourth-order valence-corrected chi connectivity index (χ4v) is 4.46. The zero-order valence-corrected chi connectivity index (χ0v) is 12.8. The van der Waals surface area contributed by atoms with E-state index in [2.05, 4.69) is 32.0 Å². The number of benzene rings is 1. The van der Waals surface area contributed by atoms with E-state index in [9.17, 15) is 4.79 Å². The molecule has 2 aliphatic rings. The third kappa shape index (κ3) is 2.82. The first-order valence-electron chi connectivity index (χ1n) is 8.26. The van der Waals surface area contributed by atoms with Crippen LogP contribution in [0.1, 0.15) is 66.4 Å². The van der Waals surface area contributed by atoms with Gasteiger partial charge in [-0.2, -0.15) is 0 Å². The van der Waals surface area contributed by atoms with Gasteiger partial charge in [-0.25, -0.2) is 0 Å². The third-order valence-corrected chi connectivity index (χ3v) is 5.42. The summed E-state index contributed by atoms with van der Waals surface area (Å²) in [5.41, 5.74) is 3.36. The van der Waals surface area contributed by atoms with E-state index in [1.54, 1.807) is 0 Å². The second kappa shape index (κ2) is 5.71. The summed E-state index contributed by atoms with van der Waals surface area (Å²) in [4.78, 5) is 12.8. The average Bonchev–Trinajstić information content (AvgIpc) is 2.45. The summed E-state index contributed by atoms with van der Waals surface area (Å²) in [7, 11) is 0. The highest BCUT2D eigenvalue weighted by Gasteiger charge is 2.35. The molecule has 1 aromatic rings. The summed E-state index contributed by atoms with van der Waals surface area (Å²) < 4.78 is 0. The first-order valence-corrected chi connectivity index (χ1v) is 8.26. The highest BCUT2D eigenvalue weighted by molar-refractivity contribution is 5.98. The normalized spacial score (nSPS) is 29.8. The number of hydrogen-bond acceptors (Lipinski definition) is 1. The number of ketones is 1. The lowest BCUT2D eigenvalue weighted by atomic mass is 9.66. The molecular weight excluding hydrogens is 244 g/mol. The summed E-state index contributed by atoms with van der Waals surface area (Å²) in [6.45, 7) is 4.17. The molecule has 0 heterocycles. The highest BCUT2D eigenvalue weighted by Crippen LogP contribution is 2.43. The van der Waals surface area contributed by atoms with Gasteiger partial charge in [0.25, 0.3) is 0 Å². The molecule has 3 rings (SSSR count). The molecule has 0 amide bonds. The van der Waals surface area contributed by atoms with Gasteiger partial charge in [0.2, 0.25) is 0 Å².